The van der Waals surface area contributed by atoms with Crippen LogP contribution < -0.4 is 5.32 Å². The van der Waals surface area contributed by atoms with E-state index in [0.717, 1.165) is 25.7 Å². The van der Waals surface area contributed by atoms with Crippen LogP contribution in [-0.2, 0) is 14.3 Å². The van der Waals surface area contributed by atoms with E-state index >= 15 is 0 Å². The molecular formula is C9H13NO3. The van der Waals surface area contributed by atoms with Crippen LogP contribution >= 0.6 is 0 Å². The fraction of sp³-hybridized carbons (Fsp3) is 0.778. The van der Waals surface area contributed by atoms with Crippen LogP contribution in [0.3, 0.4) is 0 Å². The molecule has 1 N–H and O–H groups in total. The van der Waals surface area contributed by atoms with Gasteiger partial charge in [-0.1, -0.05) is 19.3 Å². The molecule has 2 rings (SSSR count). The highest BCUT2D eigenvalue weighted by molar-refractivity contribution is 5.89. The van der Waals surface area contributed by atoms with Crippen LogP contribution in [0.5, 0.6) is 0 Å². The molecule has 4 nitrogen and oxygen atoms in total. The summed E-state index contributed by atoms with van der Waals surface area (Å²) >= 11 is 0. The second kappa shape index (κ2) is 3.10. The molecule has 1 aliphatic carbocycles. The summed E-state index contributed by atoms with van der Waals surface area (Å²) in [5.74, 6) is -0.394. The van der Waals surface area contributed by atoms with Gasteiger partial charge in [-0.3, -0.25) is 10.1 Å². The third-order valence-corrected chi connectivity index (χ3v) is 3.03. The summed E-state index contributed by atoms with van der Waals surface area (Å²) in [5.41, 5.74) is -0.503. The highest BCUT2D eigenvalue weighted by Gasteiger charge is 2.60. The number of hydrogen-bond donors (Lipinski definition) is 1. The van der Waals surface area contributed by atoms with Crippen molar-refractivity contribution in [2.45, 2.75) is 43.7 Å². The lowest BCUT2D eigenvalue weighted by Crippen LogP contribution is -2.31. The minimum Gasteiger partial charge on any atom is -0.394 e. The lowest BCUT2D eigenvalue weighted by molar-refractivity contribution is -0.153. The number of esters is 1. The average Bonchev–Trinajstić information content (AvgIpc) is 2.77. The number of nitrogens with one attached hydrogen (secondary N) is 1. The second-order valence-electron chi connectivity index (χ2n) is 3.77. The molecule has 72 valence electrons. The van der Waals surface area contributed by atoms with E-state index in [1.54, 1.807) is 0 Å². The number of ether oxygens (including phenoxy) is 1. The van der Waals surface area contributed by atoms with Crippen LogP contribution in [-0.4, -0.2) is 24.0 Å². The van der Waals surface area contributed by atoms with Gasteiger partial charge < -0.3 is 4.74 Å². The minimum absolute atomic E-state index is 0.221. The highest BCUT2D eigenvalue weighted by atomic mass is 16.6. The summed E-state index contributed by atoms with van der Waals surface area (Å²) in [6.07, 6.45) is 5.21. The number of hydrogen-bond acceptors (Lipinski definition) is 4. The first kappa shape index (κ1) is 8.69. The highest BCUT2D eigenvalue weighted by Crippen LogP contribution is 2.39. The lowest BCUT2D eigenvalue weighted by atomic mass is 10.0. The Hall–Kier alpha value is -0.900. The number of carbonyl (C=O) groups is 2. The standard InChI is InChI=1S/C9H13NO3/c11-6-13-8(12)9-5-3-1-2-4-7(9)10-9/h6-7,10H,1-5H2. The van der Waals surface area contributed by atoms with Crippen molar-refractivity contribution in [1.82, 2.24) is 5.32 Å². The number of rotatable bonds is 2. The Bertz CT molecular complexity index is 241. The normalized spacial score (nSPS) is 37.1. The number of carbonyl (C=O) groups excluding carboxylic acids is 2. The molecule has 1 aliphatic heterocycles. The van der Waals surface area contributed by atoms with Gasteiger partial charge in [0.05, 0.1) is 0 Å². The maximum atomic E-state index is 11.4. The molecule has 0 spiro atoms. The van der Waals surface area contributed by atoms with Gasteiger partial charge in [0.15, 0.2) is 0 Å². The maximum absolute atomic E-state index is 11.4. The fourth-order valence-electron chi connectivity index (χ4n) is 2.22. The third-order valence-electron chi connectivity index (χ3n) is 3.03. The molecule has 0 radical (unpaired) electrons. The summed E-state index contributed by atoms with van der Waals surface area (Å²) in [7, 11) is 0. The predicted molar refractivity (Wildman–Crippen MR) is 44.9 cm³/mol. The quantitative estimate of drug-likeness (QED) is 0.290. The summed E-state index contributed by atoms with van der Waals surface area (Å²) in [5, 5.41) is 3.14. The molecule has 0 aromatic carbocycles. The van der Waals surface area contributed by atoms with Crippen molar-refractivity contribution in [3.05, 3.63) is 0 Å². The zero-order valence-electron chi connectivity index (χ0n) is 7.41. The van der Waals surface area contributed by atoms with Crippen molar-refractivity contribution in [3.8, 4) is 0 Å². The average molecular weight is 183 g/mol. The SMILES string of the molecule is O=COC(=O)C12CCCCCC1N2. The summed E-state index contributed by atoms with van der Waals surface area (Å²) in [6.45, 7) is 0.221. The third kappa shape index (κ3) is 1.35. The molecule has 1 heterocycles. The van der Waals surface area contributed by atoms with Gasteiger partial charge in [0.1, 0.15) is 5.54 Å². The van der Waals surface area contributed by atoms with E-state index in [4.69, 9.17) is 0 Å². The Labute approximate surface area is 76.6 Å². The summed E-state index contributed by atoms with van der Waals surface area (Å²) in [4.78, 5) is 21.4. The molecule has 1 saturated carbocycles. The van der Waals surface area contributed by atoms with Crippen molar-refractivity contribution < 1.29 is 14.3 Å². The first-order valence-electron chi connectivity index (χ1n) is 4.72. The Morgan fingerprint density at radius 1 is 1.46 bits per heavy atom. The van der Waals surface area contributed by atoms with Gasteiger partial charge in [0, 0.05) is 6.04 Å². The first-order chi connectivity index (χ1) is 6.29. The van der Waals surface area contributed by atoms with E-state index in [1.807, 2.05) is 0 Å². The van der Waals surface area contributed by atoms with E-state index in [1.165, 1.54) is 6.42 Å². The maximum Gasteiger partial charge on any atom is 0.335 e. The Kier molecular flexibility index (Phi) is 2.07. The van der Waals surface area contributed by atoms with Gasteiger partial charge in [-0.05, 0) is 12.8 Å². The molecule has 0 amide bonds. The predicted octanol–water partition coefficient (Wildman–Crippen LogP) is 0.361. The molecule has 13 heavy (non-hydrogen) atoms. The Balaban J connectivity index is 2.04. The first-order valence-corrected chi connectivity index (χ1v) is 4.72. The van der Waals surface area contributed by atoms with Crippen molar-refractivity contribution in [2.24, 2.45) is 0 Å². The molecule has 2 aliphatic rings. The van der Waals surface area contributed by atoms with Crippen LogP contribution in [0.25, 0.3) is 0 Å². The van der Waals surface area contributed by atoms with E-state index in [0.29, 0.717) is 0 Å². The Morgan fingerprint density at radius 3 is 3.08 bits per heavy atom. The van der Waals surface area contributed by atoms with Crippen molar-refractivity contribution in [1.29, 1.82) is 0 Å². The molecule has 0 aromatic rings. The van der Waals surface area contributed by atoms with Crippen LogP contribution in [0.1, 0.15) is 32.1 Å². The molecular weight excluding hydrogens is 170 g/mol. The zero-order valence-corrected chi connectivity index (χ0v) is 7.41. The fourth-order valence-corrected chi connectivity index (χ4v) is 2.22. The topological polar surface area (TPSA) is 65.3 Å². The molecule has 1 saturated heterocycles. The molecule has 0 aromatic heterocycles. The van der Waals surface area contributed by atoms with Crippen molar-refractivity contribution >= 4 is 12.4 Å². The van der Waals surface area contributed by atoms with Gasteiger partial charge >= 0.3 is 12.4 Å². The van der Waals surface area contributed by atoms with E-state index in [-0.39, 0.29) is 12.5 Å². The summed E-state index contributed by atoms with van der Waals surface area (Å²) < 4.78 is 4.40. The Morgan fingerprint density at radius 2 is 2.31 bits per heavy atom. The summed E-state index contributed by atoms with van der Waals surface area (Å²) in [6, 6.07) is 0.252. The lowest BCUT2D eigenvalue weighted by Gasteiger charge is -2.08. The monoisotopic (exact) mass is 183 g/mol. The molecule has 2 atom stereocenters. The van der Waals surface area contributed by atoms with Gasteiger partial charge in [-0.2, -0.15) is 0 Å². The van der Waals surface area contributed by atoms with E-state index < -0.39 is 11.5 Å². The number of fused-ring (bicyclic) bond motifs is 1. The molecule has 0 bridgehead atoms. The van der Waals surface area contributed by atoms with Gasteiger partial charge in [0.2, 0.25) is 0 Å². The van der Waals surface area contributed by atoms with Gasteiger partial charge in [-0.25, -0.2) is 4.79 Å². The van der Waals surface area contributed by atoms with Crippen LogP contribution in [0.15, 0.2) is 0 Å². The van der Waals surface area contributed by atoms with Gasteiger partial charge in [-0.15, -0.1) is 0 Å². The zero-order chi connectivity index (χ0) is 9.31. The molecule has 2 fully saturated rings. The van der Waals surface area contributed by atoms with Crippen LogP contribution in [0.4, 0.5) is 0 Å². The largest absolute Gasteiger partial charge is 0.394 e. The van der Waals surface area contributed by atoms with Crippen LogP contribution in [0, 0.1) is 0 Å². The van der Waals surface area contributed by atoms with Crippen molar-refractivity contribution in [3.63, 3.8) is 0 Å². The van der Waals surface area contributed by atoms with E-state index in [2.05, 4.69) is 10.1 Å². The van der Waals surface area contributed by atoms with Gasteiger partial charge in [0.25, 0.3) is 0 Å². The van der Waals surface area contributed by atoms with Crippen molar-refractivity contribution in [2.75, 3.05) is 0 Å². The minimum atomic E-state index is -0.503. The smallest absolute Gasteiger partial charge is 0.335 e. The molecule has 4 heteroatoms. The van der Waals surface area contributed by atoms with E-state index in [9.17, 15) is 9.59 Å². The molecule has 2 unspecified atom stereocenters. The van der Waals surface area contributed by atoms with Crippen LogP contribution in [0.2, 0.25) is 0 Å². The second-order valence-corrected chi connectivity index (χ2v) is 3.77.